The van der Waals surface area contributed by atoms with Crippen LogP contribution in [0.3, 0.4) is 0 Å². The highest BCUT2D eigenvalue weighted by Gasteiger charge is 2.38. The Bertz CT molecular complexity index is 498. The Labute approximate surface area is 120 Å². The van der Waals surface area contributed by atoms with Gasteiger partial charge in [-0.05, 0) is 55.9 Å². The molecule has 1 saturated heterocycles. The van der Waals surface area contributed by atoms with Crippen molar-refractivity contribution in [1.29, 1.82) is 0 Å². The van der Waals surface area contributed by atoms with Gasteiger partial charge in [-0.3, -0.25) is 4.79 Å². The van der Waals surface area contributed by atoms with E-state index in [4.69, 9.17) is 4.74 Å². The number of nitrogens with one attached hydrogen (secondary N) is 1. The molecule has 0 aromatic heterocycles. The number of ether oxygens (including phenoxy) is 1. The minimum absolute atomic E-state index is 0.00944. The molecule has 0 bridgehead atoms. The molecule has 2 fully saturated rings. The number of carbonyl (C=O) groups excluding carboxylic acids is 1. The zero-order valence-corrected chi connectivity index (χ0v) is 12.3. The van der Waals surface area contributed by atoms with E-state index < -0.39 is 0 Å². The van der Waals surface area contributed by atoms with E-state index in [1.54, 1.807) is 7.11 Å². The van der Waals surface area contributed by atoms with Crippen molar-refractivity contribution >= 4 is 5.78 Å². The van der Waals surface area contributed by atoms with Gasteiger partial charge < -0.3 is 10.1 Å². The minimum Gasteiger partial charge on any atom is -0.497 e. The summed E-state index contributed by atoms with van der Waals surface area (Å²) < 4.78 is 5.21. The second kappa shape index (κ2) is 5.57. The molecule has 108 valence electrons. The zero-order chi connectivity index (χ0) is 14.1. The van der Waals surface area contributed by atoms with Crippen LogP contribution in [-0.4, -0.2) is 25.0 Å². The topological polar surface area (TPSA) is 38.3 Å². The zero-order valence-electron chi connectivity index (χ0n) is 12.3. The maximum absolute atomic E-state index is 12.7. The Morgan fingerprint density at radius 3 is 2.80 bits per heavy atom. The monoisotopic (exact) mass is 273 g/mol. The predicted octanol–water partition coefficient (Wildman–Crippen LogP) is 3.11. The van der Waals surface area contributed by atoms with E-state index in [0.29, 0.717) is 12.0 Å². The second-order valence-corrected chi connectivity index (χ2v) is 6.15. The van der Waals surface area contributed by atoms with Gasteiger partial charge in [-0.15, -0.1) is 0 Å². The molecule has 1 aliphatic carbocycles. The molecule has 20 heavy (non-hydrogen) atoms. The average molecular weight is 273 g/mol. The number of hydrogen-bond donors (Lipinski definition) is 1. The molecule has 3 heteroatoms. The maximum Gasteiger partial charge on any atom is 0.180 e. The molecule has 3 rings (SSSR count). The van der Waals surface area contributed by atoms with Crippen LogP contribution in [0.4, 0.5) is 0 Å². The van der Waals surface area contributed by atoms with Gasteiger partial charge >= 0.3 is 0 Å². The molecule has 1 saturated carbocycles. The lowest BCUT2D eigenvalue weighted by molar-refractivity contribution is 0.0948. The first-order valence-corrected chi connectivity index (χ1v) is 7.64. The van der Waals surface area contributed by atoms with Crippen molar-refractivity contribution < 1.29 is 9.53 Å². The van der Waals surface area contributed by atoms with E-state index in [1.807, 2.05) is 25.1 Å². The van der Waals surface area contributed by atoms with Crippen molar-refractivity contribution in [1.82, 2.24) is 5.32 Å². The van der Waals surface area contributed by atoms with E-state index >= 15 is 0 Å². The Kier molecular flexibility index (Phi) is 3.79. The van der Waals surface area contributed by atoms with Gasteiger partial charge in [-0.2, -0.15) is 0 Å². The molecular weight excluding hydrogens is 250 g/mol. The van der Waals surface area contributed by atoms with Crippen LogP contribution in [0.2, 0.25) is 0 Å². The summed E-state index contributed by atoms with van der Waals surface area (Å²) in [6.45, 7) is 1.98. The van der Waals surface area contributed by atoms with Crippen LogP contribution in [0.5, 0.6) is 5.75 Å². The molecule has 3 unspecified atom stereocenters. The molecule has 1 heterocycles. The van der Waals surface area contributed by atoms with E-state index in [0.717, 1.165) is 23.3 Å². The molecule has 0 radical (unpaired) electrons. The number of aryl methyl sites for hydroxylation is 1. The number of hydrogen-bond acceptors (Lipinski definition) is 3. The largest absolute Gasteiger partial charge is 0.497 e. The number of carbonyl (C=O) groups is 1. The molecule has 3 nitrogen and oxygen atoms in total. The molecule has 1 aromatic carbocycles. The Morgan fingerprint density at radius 1 is 1.30 bits per heavy atom. The molecular formula is C17H23NO2. The lowest BCUT2D eigenvalue weighted by Crippen LogP contribution is -2.37. The molecule has 2 aliphatic rings. The van der Waals surface area contributed by atoms with Crippen LogP contribution in [-0.2, 0) is 0 Å². The molecule has 3 atom stereocenters. The Morgan fingerprint density at radius 2 is 2.10 bits per heavy atom. The molecule has 0 amide bonds. The molecule has 1 aliphatic heterocycles. The van der Waals surface area contributed by atoms with E-state index in [2.05, 4.69) is 5.32 Å². The highest BCUT2D eigenvalue weighted by Crippen LogP contribution is 2.34. The number of Topliss-reactive ketones (excluding diaryl/α,β-unsaturated/α-hetero) is 1. The van der Waals surface area contributed by atoms with Crippen LogP contribution in [0.15, 0.2) is 18.2 Å². The Balaban J connectivity index is 1.76. The van der Waals surface area contributed by atoms with Gasteiger partial charge in [0.05, 0.1) is 13.2 Å². The number of ketones is 1. The minimum atomic E-state index is 0.00944. The van der Waals surface area contributed by atoms with E-state index in [9.17, 15) is 4.79 Å². The smallest absolute Gasteiger partial charge is 0.180 e. The number of rotatable bonds is 3. The van der Waals surface area contributed by atoms with Crippen molar-refractivity contribution in [3.05, 3.63) is 29.3 Å². The van der Waals surface area contributed by atoms with Crippen LogP contribution in [0, 0.1) is 12.8 Å². The predicted molar refractivity (Wildman–Crippen MR) is 79.3 cm³/mol. The molecule has 0 spiro atoms. The quantitative estimate of drug-likeness (QED) is 0.860. The lowest BCUT2D eigenvalue weighted by atomic mass is 9.84. The first kappa shape index (κ1) is 13.6. The summed E-state index contributed by atoms with van der Waals surface area (Å²) in [6.07, 6.45) is 6.15. The fraction of sp³-hybridized carbons (Fsp3) is 0.588. The van der Waals surface area contributed by atoms with Crippen LogP contribution in [0.25, 0.3) is 0 Å². The first-order valence-electron chi connectivity index (χ1n) is 7.64. The number of benzene rings is 1. The third-order valence-corrected chi connectivity index (χ3v) is 4.88. The molecule has 1 N–H and O–H groups in total. The highest BCUT2D eigenvalue weighted by atomic mass is 16.5. The van der Waals surface area contributed by atoms with Crippen molar-refractivity contribution in [2.24, 2.45) is 5.92 Å². The SMILES string of the molecule is COc1ccc(C(=O)C2CC3CCCCC3N2)c(C)c1. The van der Waals surface area contributed by atoms with Crippen LogP contribution >= 0.6 is 0 Å². The van der Waals surface area contributed by atoms with Gasteiger partial charge in [0.2, 0.25) is 0 Å². The molecule has 1 aromatic rings. The fourth-order valence-electron chi connectivity index (χ4n) is 3.75. The van der Waals surface area contributed by atoms with Crippen molar-refractivity contribution in [2.45, 2.75) is 51.1 Å². The normalized spacial score (nSPS) is 29.0. The van der Waals surface area contributed by atoms with Crippen molar-refractivity contribution in [2.75, 3.05) is 7.11 Å². The average Bonchev–Trinajstić information content (AvgIpc) is 2.90. The number of methoxy groups -OCH3 is 1. The first-order chi connectivity index (χ1) is 9.69. The summed E-state index contributed by atoms with van der Waals surface area (Å²) in [5, 5.41) is 3.57. The van der Waals surface area contributed by atoms with Gasteiger partial charge in [0, 0.05) is 11.6 Å². The summed E-state index contributed by atoms with van der Waals surface area (Å²) in [5.41, 5.74) is 1.84. The van der Waals surface area contributed by atoms with Crippen LogP contribution in [0.1, 0.15) is 48.0 Å². The summed E-state index contributed by atoms with van der Waals surface area (Å²) in [5.74, 6) is 1.77. The lowest BCUT2D eigenvalue weighted by Gasteiger charge is -2.24. The second-order valence-electron chi connectivity index (χ2n) is 6.15. The summed E-state index contributed by atoms with van der Waals surface area (Å²) in [6, 6.07) is 6.30. The summed E-state index contributed by atoms with van der Waals surface area (Å²) >= 11 is 0. The Hall–Kier alpha value is -1.35. The summed E-state index contributed by atoms with van der Waals surface area (Å²) in [7, 11) is 1.65. The maximum atomic E-state index is 12.7. The third-order valence-electron chi connectivity index (χ3n) is 4.88. The van der Waals surface area contributed by atoms with Crippen LogP contribution < -0.4 is 10.1 Å². The summed E-state index contributed by atoms with van der Waals surface area (Å²) in [4.78, 5) is 12.7. The van der Waals surface area contributed by atoms with Gasteiger partial charge in [-0.1, -0.05) is 12.8 Å². The van der Waals surface area contributed by atoms with Crippen molar-refractivity contribution in [3.63, 3.8) is 0 Å². The van der Waals surface area contributed by atoms with Gasteiger partial charge in [0.1, 0.15) is 5.75 Å². The van der Waals surface area contributed by atoms with Crippen molar-refractivity contribution in [3.8, 4) is 5.75 Å². The standard InChI is InChI=1S/C17H23NO2/c1-11-9-13(20-2)7-8-14(11)17(19)16-10-12-5-3-4-6-15(12)18-16/h7-9,12,15-16,18H,3-6,10H2,1-2H3. The van der Waals surface area contributed by atoms with E-state index in [-0.39, 0.29) is 11.8 Å². The van der Waals surface area contributed by atoms with E-state index in [1.165, 1.54) is 25.7 Å². The highest BCUT2D eigenvalue weighted by molar-refractivity contribution is 6.01. The third kappa shape index (κ3) is 2.47. The van der Waals surface area contributed by atoms with Gasteiger partial charge in [-0.25, -0.2) is 0 Å². The van der Waals surface area contributed by atoms with Gasteiger partial charge in [0.25, 0.3) is 0 Å². The number of fused-ring (bicyclic) bond motifs is 1. The van der Waals surface area contributed by atoms with Gasteiger partial charge in [0.15, 0.2) is 5.78 Å². The fourth-order valence-corrected chi connectivity index (χ4v) is 3.75.